The molecule has 0 radical (unpaired) electrons. The largest absolute Gasteiger partial charge is 0.0616 e. The summed E-state index contributed by atoms with van der Waals surface area (Å²) in [6.45, 7) is 20.2. The van der Waals surface area contributed by atoms with Crippen LogP contribution in [0.5, 0.6) is 0 Å². The molecule has 0 nitrogen and oxygen atoms in total. The van der Waals surface area contributed by atoms with E-state index in [0.717, 1.165) is 0 Å². The Kier molecular flexibility index (Phi) is 41.5. The Labute approximate surface area is 224 Å². The summed E-state index contributed by atoms with van der Waals surface area (Å²) >= 11 is 0.470. The van der Waals surface area contributed by atoms with Crippen molar-refractivity contribution in [2.24, 2.45) is 0 Å². The number of benzene rings is 4. The van der Waals surface area contributed by atoms with E-state index in [9.17, 15) is 0 Å². The molecule has 1 heteroatoms. The molecule has 4 aromatic rings. The monoisotopic (exact) mass is 580 g/mol. The zero-order valence-electron chi connectivity index (χ0n) is 24.4. The molecule has 192 valence electrons. The topological polar surface area (TPSA) is 0 Å². The number of fused-ring (bicyclic) bond motifs is 2. The maximum atomic E-state index is 2.26. The minimum atomic E-state index is 0.470. The number of rotatable bonds is 0. The second-order valence-electron chi connectivity index (χ2n) is 5.81. The van der Waals surface area contributed by atoms with Gasteiger partial charge in [-0.3, -0.25) is 0 Å². The van der Waals surface area contributed by atoms with E-state index in [2.05, 4.69) is 121 Å². The molecule has 0 aliphatic rings. The first-order chi connectivity index (χ1) is 16.8. The standard InChI is InChI=1S/2C10H8.C3H8.C2H6Te.4C2H6/c2*1-2-6-10-8-4-3-7-9(10)5-1;2*1-3-2;4*1-2/h2*1-8H;3H2,1-2H3;1-2H3;4*1-2H3. The normalized spacial score (nSPS) is 7.65. The number of hydrogen-bond donors (Lipinski definition) is 0. The van der Waals surface area contributed by atoms with E-state index in [1.165, 1.54) is 28.0 Å². The van der Waals surface area contributed by atoms with Crippen molar-refractivity contribution < 1.29 is 0 Å². The summed E-state index contributed by atoms with van der Waals surface area (Å²) in [4.78, 5) is 4.51. The van der Waals surface area contributed by atoms with Crippen LogP contribution in [0.2, 0.25) is 9.94 Å². The van der Waals surface area contributed by atoms with Crippen LogP contribution in [0.25, 0.3) is 21.5 Å². The summed E-state index contributed by atoms with van der Waals surface area (Å²) in [5.41, 5.74) is 0. The van der Waals surface area contributed by atoms with Gasteiger partial charge in [-0.2, -0.15) is 0 Å². The smallest absolute Gasteiger partial charge is 0.0184 e. The second kappa shape index (κ2) is 35.8. The molecule has 0 fully saturated rings. The molecule has 0 saturated carbocycles. The van der Waals surface area contributed by atoms with E-state index in [1.54, 1.807) is 0 Å². The molecule has 0 aromatic heterocycles. The van der Waals surface area contributed by atoms with Gasteiger partial charge in [-0.25, -0.2) is 0 Å². The summed E-state index contributed by atoms with van der Waals surface area (Å²) in [6.07, 6.45) is 1.25. The van der Waals surface area contributed by atoms with Gasteiger partial charge in [0, 0.05) is 0 Å². The Bertz CT molecular complexity index is 648. The van der Waals surface area contributed by atoms with Crippen LogP contribution in [0.3, 0.4) is 0 Å². The van der Waals surface area contributed by atoms with E-state index >= 15 is 0 Å². The molecule has 0 atom stereocenters. The number of hydrogen-bond acceptors (Lipinski definition) is 0. The molecule has 0 aliphatic heterocycles. The van der Waals surface area contributed by atoms with E-state index in [-0.39, 0.29) is 0 Å². The van der Waals surface area contributed by atoms with Crippen molar-refractivity contribution in [3.8, 4) is 0 Å². The van der Waals surface area contributed by atoms with E-state index in [0.29, 0.717) is 20.9 Å². The fourth-order valence-electron chi connectivity index (χ4n) is 2.27. The first-order valence-electron chi connectivity index (χ1n) is 13.0. The molecule has 4 aromatic carbocycles. The van der Waals surface area contributed by atoms with Gasteiger partial charge in [-0.15, -0.1) is 0 Å². The molecule has 0 amide bonds. The molecule has 0 heterocycles. The van der Waals surface area contributed by atoms with Crippen LogP contribution >= 0.6 is 0 Å². The molecule has 0 saturated heterocycles. The zero-order valence-corrected chi connectivity index (χ0v) is 26.7. The molecule has 0 bridgehead atoms. The van der Waals surface area contributed by atoms with Gasteiger partial charge in [-0.1, -0.05) is 173 Å². The average molecular weight is 578 g/mol. The van der Waals surface area contributed by atoms with Crippen molar-refractivity contribution in [2.75, 3.05) is 0 Å². The van der Waals surface area contributed by atoms with Gasteiger partial charge >= 0.3 is 30.9 Å². The van der Waals surface area contributed by atoms with Crippen LogP contribution in [0.1, 0.15) is 75.7 Å². The predicted octanol–water partition coefficient (Wildman–Crippen LogP) is 12.0. The first-order valence-corrected chi connectivity index (χ1v) is 17.7. The van der Waals surface area contributed by atoms with Gasteiger partial charge in [0.05, 0.1) is 0 Å². The Balaban J connectivity index is -0.000000176. The van der Waals surface area contributed by atoms with Gasteiger partial charge in [0.2, 0.25) is 0 Å². The fraction of sp³-hybridized carbons (Fsp3) is 0.394. The van der Waals surface area contributed by atoms with Gasteiger partial charge in [0.1, 0.15) is 0 Å². The van der Waals surface area contributed by atoms with Crippen molar-refractivity contribution in [3.63, 3.8) is 0 Å². The van der Waals surface area contributed by atoms with Crippen molar-refractivity contribution in [2.45, 2.75) is 85.6 Å². The van der Waals surface area contributed by atoms with Crippen LogP contribution in [-0.4, -0.2) is 20.9 Å². The van der Waals surface area contributed by atoms with E-state index in [4.69, 9.17) is 0 Å². The Morgan fingerprint density at radius 1 is 0.382 bits per heavy atom. The van der Waals surface area contributed by atoms with Gasteiger partial charge in [0.15, 0.2) is 0 Å². The molecule has 0 spiro atoms. The van der Waals surface area contributed by atoms with E-state index < -0.39 is 0 Å². The van der Waals surface area contributed by atoms with Crippen LogP contribution in [-0.2, 0) is 0 Å². The minimum Gasteiger partial charge on any atom is -0.0616 e. The van der Waals surface area contributed by atoms with Crippen LogP contribution in [0.4, 0.5) is 0 Å². The summed E-state index contributed by atoms with van der Waals surface area (Å²) in [7, 11) is 0. The van der Waals surface area contributed by atoms with Crippen LogP contribution < -0.4 is 0 Å². The average Bonchev–Trinajstić information content (AvgIpc) is 2.95. The van der Waals surface area contributed by atoms with E-state index in [1.807, 2.05) is 55.4 Å². The van der Waals surface area contributed by atoms with Gasteiger partial charge in [0.25, 0.3) is 0 Å². The van der Waals surface area contributed by atoms with Gasteiger partial charge in [-0.05, 0) is 21.5 Å². The van der Waals surface area contributed by atoms with Gasteiger partial charge < -0.3 is 0 Å². The van der Waals surface area contributed by atoms with Crippen molar-refractivity contribution >= 4 is 42.5 Å². The zero-order chi connectivity index (χ0) is 27.0. The summed E-state index contributed by atoms with van der Waals surface area (Å²) < 4.78 is 0. The van der Waals surface area contributed by atoms with Crippen molar-refractivity contribution in [3.05, 3.63) is 97.1 Å². The molecular formula is C33H54Te. The Morgan fingerprint density at radius 2 is 0.471 bits per heavy atom. The third-order valence-corrected chi connectivity index (χ3v) is 3.32. The van der Waals surface area contributed by atoms with Crippen molar-refractivity contribution in [1.29, 1.82) is 0 Å². The Morgan fingerprint density at radius 3 is 0.559 bits per heavy atom. The summed E-state index contributed by atoms with van der Waals surface area (Å²) in [5, 5.41) is 5.24. The summed E-state index contributed by atoms with van der Waals surface area (Å²) in [6, 6.07) is 33.4. The summed E-state index contributed by atoms with van der Waals surface area (Å²) in [5.74, 6) is 0. The molecule has 0 aliphatic carbocycles. The SMILES string of the molecule is CC.CC.CC.CC.CCC.C[Te]C.c1ccc2ccccc2c1.c1ccc2ccccc2c1. The maximum Gasteiger partial charge on any atom is -0.0184 e. The van der Waals surface area contributed by atoms with Crippen LogP contribution in [0, 0.1) is 0 Å². The minimum absolute atomic E-state index is 0.470. The fourth-order valence-corrected chi connectivity index (χ4v) is 2.27. The third-order valence-electron chi connectivity index (χ3n) is 3.32. The second-order valence-corrected chi connectivity index (χ2v) is 8.14. The molecule has 34 heavy (non-hydrogen) atoms. The maximum absolute atomic E-state index is 2.26. The van der Waals surface area contributed by atoms with Crippen LogP contribution in [0.15, 0.2) is 97.1 Å². The first kappa shape index (κ1) is 39.4. The molecule has 4 rings (SSSR count). The third kappa shape index (κ3) is 22.0. The quantitative estimate of drug-likeness (QED) is 0.182. The molecular weight excluding hydrogens is 524 g/mol. The molecule has 0 N–H and O–H groups in total. The van der Waals surface area contributed by atoms with Crippen molar-refractivity contribution in [1.82, 2.24) is 0 Å². The predicted molar refractivity (Wildman–Crippen MR) is 167 cm³/mol. The Hall–Kier alpha value is -1.81. The molecule has 0 unspecified atom stereocenters.